The lowest BCUT2D eigenvalue weighted by molar-refractivity contribution is -0.131. The largest absolute Gasteiger partial charge is 0.478 e. The molecule has 0 heterocycles. The molecule has 3 N–H and O–H groups in total. The van der Waals surface area contributed by atoms with E-state index in [0.29, 0.717) is 17.5 Å². The molecule has 0 unspecified atom stereocenters. The number of carboxylic acids is 1. The molecule has 1 amide bonds. The third-order valence-electron chi connectivity index (χ3n) is 3.28. The molecule has 0 radical (unpaired) electrons. The molecule has 2 aromatic carbocycles. The van der Waals surface area contributed by atoms with Gasteiger partial charge < -0.3 is 10.4 Å². The van der Waals surface area contributed by atoms with Gasteiger partial charge in [-0.2, -0.15) is 0 Å². The van der Waals surface area contributed by atoms with E-state index in [1.807, 2.05) is 19.9 Å². The zero-order chi connectivity index (χ0) is 19.3. The number of anilines is 2. The van der Waals surface area contributed by atoms with Gasteiger partial charge in [0, 0.05) is 23.5 Å². The minimum Gasteiger partial charge on any atom is -0.478 e. The summed E-state index contributed by atoms with van der Waals surface area (Å²) in [6, 6.07) is 10.9. The van der Waals surface area contributed by atoms with Crippen LogP contribution in [0, 0.1) is 13.8 Å². The summed E-state index contributed by atoms with van der Waals surface area (Å²) in [6.07, 6.45) is 1.58. The van der Waals surface area contributed by atoms with Crippen molar-refractivity contribution >= 4 is 33.3 Å². The second kappa shape index (κ2) is 7.83. The highest BCUT2D eigenvalue weighted by atomic mass is 32.2. The molecule has 0 atom stereocenters. The monoisotopic (exact) mass is 374 g/mol. The lowest BCUT2D eigenvalue weighted by atomic mass is 10.1. The number of carbonyl (C=O) groups is 2. The normalized spacial score (nSPS) is 11.3. The minimum absolute atomic E-state index is 0.0377. The van der Waals surface area contributed by atoms with Crippen LogP contribution in [0.3, 0.4) is 0 Å². The van der Waals surface area contributed by atoms with Crippen LogP contribution in [0.25, 0.3) is 0 Å². The van der Waals surface area contributed by atoms with Gasteiger partial charge in [0.15, 0.2) is 0 Å². The van der Waals surface area contributed by atoms with Crippen molar-refractivity contribution in [3.8, 4) is 0 Å². The highest BCUT2D eigenvalue weighted by molar-refractivity contribution is 7.92. The molecule has 0 aliphatic heterocycles. The predicted octanol–water partition coefficient (Wildman–Crippen LogP) is 2.68. The topological polar surface area (TPSA) is 113 Å². The number of carboxylic acid groups (broad SMARTS) is 1. The Morgan fingerprint density at radius 1 is 0.923 bits per heavy atom. The van der Waals surface area contributed by atoms with Gasteiger partial charge in [-0.1, -0.05) is 6.07 Å². The molecule has 8 heteroatoms. The van der Waals surface area contributed by atoms with E-state index in [0.717, 1.165) is 17.2 Å². The highest BCUT2D eigenvalue weighted by Crippen LogP contribution is 2.20. The molecule has 0 fully saturated rings. The fourth-order valence-electron chi connectivity index (χ4n) is 2.30. The summed E-state index contributed by atoms with van der Waals surface area (Å²) in [5.74, 6) is -1.87. The van der Waals surface area contributed by atoms with Crippen molar-refractivity contribution in [2.75, 3.05) is 10.0 Å². The first-order valence-electron chi connectivity index (χ1n) is 7.59. The van der Waals surface area contributed by atoms with Crippen LogP contribution in [0.1, 0.15) is 11.1 Å². The molecule has 0 saturated heterocycles. The van der Waals surface area contributed by atoms with Gasteiger partial charge in [0.25, 0.3) is 10.0 Å². The number of carbonyl (C=O) groups excluding carboxylic acids is 1. The zero-order valence-corrected chi connectivity index (χ0v) is 15.0. The lowest BCUT2D eigenvalue weighted by Gasteiger charge is -2.10. The predicted molar refractivity (Wildman–Crippen MR) is 98.6 cm³/mol. The van der Waals surface area contributed by atoms with E-state index in [1.165, 1.54) is 24.3 Å². The molecule has 136 valence electrons. The van der Waals surface area contributed by atoms with Gasteiger partial charge in [0.05, 0.1) is 4.90 Å². The zero-order valence-electron chi connectivity index (χ0n) is 14.2. The summed E-state index contributed by atoms with van der Waals surface area (Å²) in [5, 5.41) is 10.9. The van der Waals surface area contributed by atoms with Crippen LogP contribution in [0.5, 0.6) is 0 Å². The first kappa shape index (κ1) is 19.2. The standard InChI is InChI=1S/C18H18N2O5S/c1-12-9-13(2)11-15(10-12)20-26(24,25)16-5-3-14(4-6-16)19-17(21)7-8-18(22)23/h3-11,20H,1-2H3,(H,19,21)(H,22,23). The number of benzene rings is 2. The first-order valence-corrected chi connectivity index (χ1v) is 9.07. The molecule has 0 aliphatic rings. The maximum absolute atomic E-state index is 12.5. The Morgan fingerprint density at radius 2 is 1.50 bits per heavy atom. The Balaban J connectivity index is 2.13. The van der Waals surface area contributed by atoms with E-state index in [4.69, 9.17) is 5.11 Å². The number of hydrogen-bond acceptors (Lipinski definition) is 4. The van der Waals surface area contributed by atoms with Crippen molar-refractivity contribution in [3.63, 3.8) is 0 Å². The molecule has 0 bridgehead atoms. The highest BCUT2D eigenvalue weighted by Gasteiger charge is 2.14. The Labute approximate surface area is 151 Å². The molecule has 0 aliphatic carbocycles. The van der Waals surface area contributed by atoms with Gasteiger partial charge in [0.2, 0.25) is 5.91 Å². The van der Waals surface area contributed by atoms with Crippen LogP contribution in [-0.4, -0.2) is 25.4 Å². The molecule has 0 spiro atoms. The summed E-state index contributed by atoms with van der Waals surface area (Å²) in [7, 11) is -3.77. The number of aryl methyl sites for hydroxylation is 2. The number of sulfonamides is 1. The van der Waals surface area contributed by atoms with Crippen LogP contribution in [-0.2, 0) is 19.6 Å². The maximum atomic E-state index is 12.5. The summed E-state index contributed by atoms with van der Waals surface area (Å²) in [6.45, 7) is 3.75. The third kappa shape index (κ3) is 5.45. The van der Waals surface area contributed by atoms with Gasteiger partial charge in [0.1, 0.15) is 0 Å². The van der Waals surface area contributed by atoms with E-state index < -0.39 is 21.9 Å². The quantitative estimate of drug-likeness (QED) is 0.673. The van der Waals surface area contributed by atoms with Crippen LogP contribution in [0.2, 0.25) is 0 Å². The fraction of sp³-hybridized carbons (Fsp3) is 0.111. The molecule has 2 aromatic rings. The summed E-state index contributed by atoms with van der Waals surface area (Å²) in [5.41, 5.74) is 2.69. The van der Waals surface area contributed by atoms with Gasteiger partial charge >= 0.3 is 5.97 Å². The minimum atomic E-state index is -3.77. The molecule has 7 nitrogen and oxygen atoms in total. The fourth-order valence-corrected chi connectivity index (χ4v) is 3.34. The van der Waals surface area contributed by atoms with Gasteiger partial charge in [-0.05, 0) is 61.4 Å². The summed E-state index contributed by atoms with van der Waals surface area (Å²) in [4.78, 5) is 21.9. The second-order valence-corrected chi connectivity index (χ2v) is 7.35. The van der Waals surface area contributed by atoms with Crippen molar-refractivity contribution in [2.45, 2.75) is 18.7 Å². The van der Waals surface area contributed by atoms with Crippen LogP contribution in [0.4, 0.5) is 11.4 Å². The number of nitrogens with one attached hydrogen (secondary N) is 2. The number of rotatable bonds is 6. The van der Waals surface area contributed by atoms with Gasteiger partial charge in [-0.3, -0.25) is 9.52 Å². The molecule has 0 saturated carbocycles. The van der Waals surface area contributed by atoms with E-state index in [-0.39, 0.29) is 4.90 Å². The van der Waals surface area contributed by atoms with Crippen LogP contribution >= 0.6 is 0 Å². The van der Waals surface area contributed by atoms with Crippen LogP contribution in [0.15, 0.2) is 59.5 Å². The second-order valence-electron chi connectivity index (χ2n) is 5.67. The van der Waals surface area contributed by atoms with E-state index in [2.05, 4.69) is 10.0 Å². The first-order chi connectivity index (χ1) is 12.2. The molecule has 26 heavy (non-hydrogen) atoms. The maximum Gasteiger partial charge on any atom is 0.328 e. The molecule has 2 rings (SSSR count). The number of hydrogen-bond donors (Lipinski definition) is 3. The molecular formula is C18H18N2O5S. The Kier molecular flexibility index (Phi) is 5.78. The third-order valence-corrected chi connectivity index (χ3v) is 4.68. The van der Waals surface area contributed by atoms with E-state index in [9.17, 15) is 18.0 Å². The van der Waals surface area contributed by atoms with Crippen molar-refractivity contribution in [2.24, 2.45) is 0 Å². The Bertz CT molecular complexity index is 943. The summed E-state index contributed by atoms with van der Waals surface area (Å²) < 4.78 is 27.4. The number of aliphatic carboxylic acids is 1. The number of amides is 1. The smallest absolute Gasteiger partial charge is 0.328 e. The van der Waals surface area contributed by atoms with Gasteiger partial charge in [-0.15, -0.1) is 0 Å². The average Bonchev–Trinajstić information content (AvgIpc) is 2.52. The SMILES string of the molecule is Cc1cc(C)cc(NS(=O)(=O)c2ccc(NC(=O)C=CC(=O)O)cc2)c1. The average molecular weight is 374 g/mol. The van der Waals surface area contributed by atoms with Gasteiger partial charge in [-0.25, -0.2) is 13.2 Å². The summed E-state index contributed by atoms with van der Waals surface area (Å²) >= 11 is 0. The van der Waals surface area contributed by atoms with E-state index in [1.54, 1.807) is 12.1 Å². The van der Waals surface area contributed by atoms with Crippen LogP contribution < -0.4 is 10.0 Å². The Hall–Kier alpha value is -3.13. The van der Waals surface area contributed by atoms with Crippen molar-refractivity contribution in [3.05, 3.63) is 65.7 Å². The van der Waals surface area contributed by atoms with Crippen molar-refractivity contribution in [1.29, 1.82) is 0 Å². The van der Waals surface area contributed by atoms with Crippen molar-refractivity contribution < 1.29 is 23.1 Å². The van der Waals surface area contributed by atoms with Crippen molar-refractivity contribution in [1.82, 2.24) is 0 Å². The Morgan fingerprint density at radius 3 is 2.04 bits per heavy atom. The molecular weight excluding hydrogens is 356 g/mol. The molecule has 0 aromatic heterocycles. The lowest BCUT2D eigenvalue weighted by Crippen LogP contribution is -2.13. The van der Waals surface area contributed by atoms with E-state index >= 15 is 0 Å².